The molecule has 0 bridgehead atoms. The lowest BCUT2D eigenvalue weighted by molar-refractivity contribution is -0.132. The zero-order chi connectivity index (χ0) is 16.3. The van der Waals surface area contributed by atoms with Crippen LogP contribution in [0.4, 0.5) is 0 Å². The summed E-state index contributed by atoms with van der Waals surface area (Å²) in [7, 11) is -3.48. The minimum atomic E-state index is -3.48. The smallest absolute Gasteiger partial charge is 0.243 e. The number of sulfonamides is 1. The third-order valence-corrected chi connectivity index (χ3v) is 7.01. The van der Waals surface area contributed by atoms with Crippen molar-refractivity contribution in [2.75, 3.05) is 37.8 Å². The molecule has 126 valence electrons. The van der Waals surface area contributed by atoms with Gasteiger partial charge in [0.05, 0.1) is 10.9 Å². The maximum Gasteiger partial charge on any atom is 0.243 e. The molecule has 8 heteroatoms. The van der Waals surface area contributed by atoms with Crippen molar-refractivity contribution < 1.29 is 13.2 Å². The fourth-order valence-electron chi connectivity index (χ4n) is 2.87. The molecule has 0 radical (unpaired) electrons. The van der Waals surface area contributed by atoms with Crippen LogP contribution in [0.1, 0.15) is 6.42 Å². The SMILES string of the molecule is O=C(C1CSCN1)N1CCCN(S(=O)(=O)c2ccccc2)CC1. The minimum Gasteiger partial charge on any atom is -0.340 e. The van der Waals surface area contributed by atoms with E-state index in [-0.39, 0.29) is 11.9 Å². The van der Waals surface area contributed by atoms with E-state index in [1.165, 1.54) is 4.31 Å². The first-order valence-electron chi connectivity index (χ1n) is 7.74. The quantitative estimate of drug-likeness (QED) is 0.859. The average molecular weight is 355 g/mol. The number of rotatable bonds is 3. The molecule has 1 amide bonds. The van der Waals surface area contributed by atoms with Crippen LogP contribution in [0.5, 0.6) is 0 Å². The molecule has 1 N–H and O–H groups in total. The summed E-state index contributed by atoms with van der Waals surface area (Å²) < 4.78 is 26.9. The Balaban J connectivity index is 1.67. The lowest BCUT2D eigenvalue weighted by Gasteiger charge is -2.24. The van der Waals surface area contributed by atoms with Crippen molar-refractivity contribution in [1.29, 1.82) is 0 Å². The summed E-state index contributed by atoms with van der Waals surface area (Å²) in [5, 5.41) is 3.18. The van der Waals surface area contributed by atoms with Gasteiger partial charge < -0.3 is 4.90 Å². The fraction of sp³-hybridized carbons (Fsp3) is 0.533. The van der Waals surface area contributed by atoms with Gasteiger partial charge in [-0.05, 0) is 18.6 Å². The Kier molecular flexibility index (Phi) is 5.25. The highest BCUT2D eigenvalue weighted by atomic mass is 32.2. The molecule has 0 aliphatic carbocycles. The summed E-state index contributed by atoms with van der Waals surface area (Å²) in [4.78, 5) is 14.6. The van der Waals surface area contributed by atoms with Crippen molar-refractivity contribution >= 4 is 27.7 Å². The normalized spacial score (nSPS) is 23.7. The second-order valence-corrected chi connectivity index (χ2v) is 8.64. The Hall–Kier alpha value is -1.09. The van der Waals surface area contributed by atoms with Gasteiger partial charge in [0.15, 0.2) is 0 Å². The molecule has 2 fully saturated rings. The molecule has 2 aliphatic rings. The summed E-state index contributed by atoms with van der Waals surface area (Å²) >= 11 is 1.72. The summed E-state index contributed by atoms with van der Waals surface area (Å²) in [6.45, 7) is 1.87. The molecule has 6 nitrogen and oxygen atoms in total. The number of thioether (sulfide) groups is 1. The molecule has 1 aromatic carbocycles. The Morgan fingerprint density at radius 1 is 1.13 bits per heavy atom. The lowest BCUT2D eigenvalue weighted by Crippen LogP contribution is -2.46. The summed E-state index contributed by atoms with van der Waals surface area (Å²) in [5.41, 5.74) is 0. The van der Waals surface area contributed by atoms with E-state index in [4.69, 9.17) is 0 Å². The third-order valence-electron chi connectivity index (χ3n) is 4.16. The van der Waals surface area contributed by atoms with Crippen molar-refractivity contribution in [2.24, 2.45) is 0 Å². The van der Waals surface area contributed by atoms with Gasteiger partial charge in [-0.2, -0.15) is 4.31 Å². The molecule has 2 aliphatic heterocycles. The summed E-state index contributed by atoms with van der Waals surface area (Å²) in [6, 6.07) is 8.35. The number of hydrogen-bond acceptors (Lipinski definition) is 5. The van der Waals surface area contributed by atoms with Gasteiger partial charge >= 0.3 is 0 Å². The van der Waals surface area contributed by atoms with E-state index in [0.29, 0.717) is 37.5 Å². The topological polar surface area (TPSA) is 69.7 Å². The van der Waals surface area contributed by atoms with Gasteiger partial charge in [-0.3, -0.25) is 10.1 Å². The van der Waals surface area contributed by atoms with Crippen molar-refractivity contribution in [2.45, 2.75) is 17.4 Å². The van der Waals surface area contributed by atoms with E-state index in [9.17, 15) is 13.2 Å². The van der Waals surface area contributed by atoms with Crippen LogP contribution >= 0.6 is 11.8 Å². The number of carbonyl (C=O) groups is 1. The van der Waals surface area contributed by atoms with Crippen LogP contribution in [0.15, 0.2) is 35.2 Å². The van der Waals surface area contributed by atoms with Gasteiger partial charge in [0, 0.05) is 37.8 Å². The van der Waals surface area contributed by atoms with Gasteiger partial charge in [-0.25, -0.2) is 8.42 Å². The first-order valence-corrected chi connectivity index (χ1v) is 10.3. The average Bonchev–Trinajstić information content (AvgIpc) is 2.99. The van der Waals surface area contributed by atoms with Crippen LogP contribution in [0.25, 0.3) is 0 Å². The molecule has 1 atom stereocenters. The Bertz CT molecular complexity index is 645. The first kappa shape index (κ1) is 16.8. The van der Waals surface area contributed by atoms with Gasteiger partial charge in [0.1, 0.15) is 0 Å². The van der Waals surface area contributed by atoms with E-state index in [2.05, 4.69) is 5.32 Å². The minimum absolute atomic E-state index is 0.0916. The molecule has 2 heterocycles. The van der Waals surface area contributed by atoms with Crippen molar-refractivity contribution in [3.63, 3.8) is 0 Å². The number of carbonyl (C=O) groups excluding carboxylic acids is 1. The maximum atomic E-state index is 12.7. The second-order valence-electron chi connectivity index (χ2n) is 5.67. The van der Waals surface area contributed by atoms with E-state index >= 15 is 0 Å². The largest absolute Gasteiger partial charge is 0.340 e. The third kappa shape index (κ3) is 3.71. The molecular weight excluding hydrogens is 334 g/mol. The summed E-state index contributed by atoms with van der Waals surface area (Å²) in [6.07, 6.45) is 0.664. The molecule has 0 saturated carbocycles. The molecule has 23 heavy (non-hydrogen) atoms. The van der Waals surface area contributed by atoms with E-state index in [1.54, 1.807) is 47.0 Å². The van der Waals surface area contributed by atoms with E-state index in [1.807, 2.05) is 0 Å². The molecule has 0 aromatic heterocycles. The van der Waals surface area contributed by atoms with Crippen LogP contribution in [-0.4, -0.2) is 67.4 Å². The second kappa shape index (κ2) is 7.21. The van der Waals surface area contributed by atoms with Gasteiger partial charge in [0.25, 0.3) is 0 Å². The highest BCUT2D eigenvalue weighted by Gasteiger charge is 2.31. The predicted octanol–water partition coefficient (Wildman–Crippen LogP) is 0.572. The lowest BCUT2D eigenvalue weighted by atomic mass is 10.2. The molecule has 1 unspecified atom stereocenters. The molecule has 2 saturated heterocycles. The Morgan fingerprint density at radius 2 is 1.91 bits per heavy atom. The van der Waals surface area contributed by atoms with E-state index < -0.39 is 10.0 Å². The van der Waals surface area contributed by atoms with Crippen molar-refractivity contribution in [3.05, 3.63) is 30.3 Å². The summed E-state index contributed by atoms with van der Waals surface area (Å²) in [5.74, 6) is 1.69. The number of nitrogens with one attached hydrogen (secondary N) is 1. The van der Waals surface area contributed by atoms with Crippen molar-refractivity contribution in [3.8, 4) is 0 Å². The van der Waals surface area contributed by atoms with Crippen molar-refractivity contribution in [1.82, 2.24) is 14.5 Å². The van der Waals surface area contributed by atoms with Crippen LogP contribution < -0.4 is 5.32 Å². The molecule has 3 rings (SSSR count). The number of amides is 1. The Labute approximate surface area is 141 Å². The maximum absolute atomic E-state index is 12.7. The van der Waals surface area contributed by atoms with Crippen LogP contribution in [0.2, 0.25) is 0 Å². The van der Waals surface area contributed by atoms with Gasteiger partial charge in [-0.1, -0.05) is 18.2 Å². The van der Waals surface area contributed by atoms with Crippen LogP contribution in [0.3, 0.4) is 0 Å². The first-order chi connectivity index (χ1) is 11.1. The van der Waals surface area contributed by atoms with Crippen LogP contribution in [0, 0.1) is 0 Å². The highest BCUT2D eigenvalue weighted by molar-refractivity contribution is 7.99. The van der Waals surface area contributed by atoms with E-state index in [0.717, 1.165) is 11.6 Å². The highest BCUT2D eigenvalue weighted by Crippen LogP contribution is 2.18. The Morgan fingerprint density at radius 3 is 2.61 bits per heavy atom. The van der Waals surface area contributed by atoms with Gasteiger partial charge in [-0.15, -0.1) is 11.8 Å². The number of hydrogen-bond donors (Lipinski definition) is 1. The fourth-order valence-corrected chi connectivity index (χ4v) is 5.29. The van der Waals surface area contributed by atoms with Gasteiger partial charge in [0.2, 0.25) is 15.9 Å². The molecule has 1 aromatic rings. The molecule has 0 spiro atoms. The van der Waals surface area contributed by atoms with Crippen LogP contribution in [-0.2, 0) is 14.8 Å². The zero-order valence-electron chi connectivity index (χ0n) is 12.8. The molecular formula is C15H21N3O3S2. The number of benzene rings is 1. The number of nitrogens with zero attached hydrogens (tertiary/aromatic N) is 2. The predicted molar refractivity (Wildman–Crippen MR) is 90.6 cm³/mol. The zero-order valence-corrected chi connectivity index (χ0v) is 14.5. The monoisotopic (exact) mass is 355 g/mol. The standard InChI is InChI=1S/C15H21N3O3S2/c19-15(14-11-22-12-16-14)17-7-4-8-18(10-9-17)23(20,21)13-5-2-1-3-6-13/h1-3,5-6,14,16H,4,7-12H2.